The number of hydrogen-bond donors (Lipinski definition) is 2. The summed E-state index contributed by atoms with van der Waals surface area (Å²) in [7, 11) is 0. The van der Waals surface area contributed by atoms with Gasteiger partial charge in [-0.05, 0) is 45.9 Å². The smallest absolute Gasteiger partial charge is 0.407 e. The molecule has 5 aromatic carbocycles. The number of ether oxygens (including phenoxy) is 1. The van der Waals surface area contributed by atoms with Crippen molar-refractivity contribution in [3.05, 3.63) is 167 Å². The molecule has 1 unspecified atom stereocenters. The van der Waals surface area contributed by atoms with Gasteiger partial charge < -0.3 is 15.4 Å². The topological polar surface area (TPSA) is 84.5 Å². The van der Waals surface area contributed by atoms with Gasteiger partial charge in [0.25, 0.3) is 0 Å². The third-order valence-electron chi connectivity index (χ3n) is 8.46. The number of benzene rings is 5. The summed E-state index contributed by atoms with van der Waals surface area (Å²) in [5.74, 6) is -0.862. The lowest BCUT2D eigenvalue weighted by Crippen LogP contribution is -2.51. The fourth-order valence-electron chi connectivity index (χ4n) is 6.31. The molecule has 45 heavy (non-hydrogen) atoms. The molecular weight excluding hydrogens is 560 g/mol. The highest BCUT2D eigenvalue weighted by Gasteiger charge is 2.38. The Morgan fingerprint density at radius 1 is 0.644 bits per heavy atom. The Bertz CT molecular complexity index is 1660. The number of rotatable bonds is 10. The number of carbonyl (C=O) groups is 3. The third-order valence-corrected chi connectivity index (χ3v) is 8.46. The second-order valence-electron chi connectivity index (χ2n) is 11.2. The Labute approximate surface area is 263 Å². The van der Waals surface area contributed by atoms with Crippen LogP contribution in [0, 0.1) is 0 Å². The van der Waals surface area contributed by atoms with E-state index in [1.807, 2.05) is 127 Å². The summed E-state index contributed by atoms with van der Waals surface area (Å²) in [4.78, 5) is 39.6. The van der Waals surface area contributed by atoms with Crippen molar-refractivity contribution in [2.75, 3.05) is 6.61 Å². The highest BCUT2D eigenvalue weighted by Crippen LogP contribution is 2.44. The maximum absolute atomic E-state index is 13.9. The number of nitrogens with one attached hydrogen (secondary N) is 2. The molecule has 2 amide bonds. The van der Waals surface area contributed by atoms with Crippen LogP contribution in [-0.2, 0) is 19.9 Å². The van der Waals surface area contributed by atoms with Gasteiger partial charge in [-0.1, -0.05) is 140 Å². The molecule has 0 spiro atoms. The summed E-state index contributed by atoms with van der Waals surface area (Å²) in [5.41, 5.74) is 5.98. The van der Waals surface area contributed by atoms with Crippen molar-refractivity contribution in [2.45, 2.75) is 30.8 Å². The molecule has 0 radical (unpaired) electrons. The van der Waals surface area contributed by atoms with Crippen LogP contribution in [0.5, 0.6) is 0 Å². The van der Waals surface area contributed by atoms with Crippen LogP contribution in [0.15, 0.2) is 140 Å². The van der Waals surface area contributed by atoms with Crippen molar-refractivity contribution in [2.24, 2.45) is 0 Å². The van der Waals surface area contributed by atoms with Gasteiger partial charge in [-0.25, -0.2) is 4.79 Å². The zero-order valence-corrected chi connectivity index (χ0v) is 25.0. The molecular formula is C39H34N2O4. The predicted octanol–water partition coefficient (Wildman–Crippen LogP) is 6.98. The minimum Gasteiger partial charge on any atom is -0.449 e. The average Bonchev–Trinajstić information content (AvgIpc) is 3.40. The molecule has 0 aromatic heterocycles. The van der Waals surface area contributed by atoms with Gasteiger partial charge in [-0.2, -0.15) is 0 Å². The largest absolute Gasteiger partial charge is 0.449 e. The highest BCUT2D eigenvalue weighted by atomic mass is 16.5. The van der Waals surface area contributed by atoms with Gasteiger partial charge in [-0.15, -0.1) is 0 Å². The number of carbonyl (C=O) groups excluding carboxylic acids is 3. The Kier molecular flexibility index (Phi) is 8.56. The molecule has 6 nitrogen and oxygen atoms in total. The summed E-state index contributed by atoms with van der Waals surface area (Å²) in [6.45, 7) is 1.47. The first-order valence-corrected chi connectivity index (χ1v) is 15.1. The molecule has 1 atom stereocenters. The maximum atomic E-state index is 13.9. The van der Waals surface area contributed by atoms with Crippen molar-refractivity contribution >= 4 is 17.8 Å². The van der Waals surface area contributed by atoms with Crippen molar-refractivity contribution in [1.29, 1.82) is 0 Å². The molecule has 0 saturated heterocycles. The quantitative estimate of drug-likeness (QED) is 0.171. The maximum Gasteiger partial charge on any atom is 0.407 e. The minimum atomic E-state index is -1.07. The van der Waals surface area contributed by atoms with Crippen molar-refractivity contribution in [3.8, 4) is 11.1 Å². The van der Waals surface area contributed by atoms with E-state index in [0.717, 1.165) is 38.9 Å². The molecule has 6 heteroatoms. The first-order chi connectivity index (χ1) is 22.0. The van der Waals surface area contributed by atoms with Gasteiger partial charge in [-0.3, -0.25) is 9.59 Å². The van der Waals surface area contributed by atoms with Crippen molar-refractivity contribution in [3.63, 3.8) is 0 Å². The summed E-state index contributed by atoms with van der Waals surface area (Å²) in [6.07, 6.45) is -1.00. The Balaban J connectivity index is 1.21. The van der Waals surface area contributed by atoms with Gasteiger partial charge in [0.2, 0.25) is 5.91 Å². The zero-order valence-electron chi connectivity index (χ0n) is 25.0. The van der Waals surface area contributed by atoms with E-state index in [9.17, 15) is 14.4 Å². The SMILES string of the molecule is CC(=O)C(CC(=O)NC(c1ccccc1)(c1ccccc1)c1ccccc1)NC(=O)OCC1c2ccccc2-c2ccccc21. The number of alkyl carbamates (subject to hydrolysis) is 1. The molecule has 0 fully saturated rings. The number of fused-ring (bicyclic) bond motifs is 3. The van der Waals surface area contributed by atoms with Crippen LogP contribution in [0.3, 0.4) is 0 Å². The van der Waals surface area contributed by atoms with Crippen molar-refractivity contribution < 1.29 is 19.1 Å². The molecule has 1 aliphatic rings. The van der Waals surface area contributed by atoms with E-state index < -0.39 is 23.6 Å². The summed E-state index contributed by atoms with van der Waals surface area (Å²) >= 11 is 0. The van der Waals surface area contributed by atoms with Gasteiger partial charge >= 0.3 is 6.09 Å². The summed E-state index contributed by atoms with van der Waals surface area (Å²) in [6, 6.07) is 44.3. The fourth-order valence-corrected chi connectivity index (χ4v) is 6.31. The van der Waals surface area contributed by atoms with Crippen LogP contribution >= 0.6 is 0 Å². The van der Waals surface area contributed by atoms with Crippen LogP contribution < -0.4 is 10.6 Å². The predicted molar refractivity (Wildman–Crippen MR) is 175 cm³/mol. The second-order valence-corrected chi connectivity index (χ2v) is 11.2. The van der Waals surface area contributed by atoms with Crippen LogP contribution in [0.1, 0.15) is 47.1 Å². The summed E-state index contributed by atoms with van der Waals surface area (Å²) in [5, 5.41) is 5.91. The van der Waals surface area contributed by atoms with Crippen LogP contribution in [0.25, 0.3) is 11.1 Å². The first-order valence-electron chi connectivity index (χ1n) is 15.1. The summed E-state index contributed by atoms with van der Waals surface area (Å²) < 4.78 is 5.68. The van der Waals surface area contributed by atoms with Gasteiger partial charge in [0.1, 0.15) is 12.1 Å². The van der Waals surface area contributed by atoms with E-state index >= 15 is 0 Å². The van der Waals surface area contributed by atoms with Crippen LogP contribution in [0.2, 0.25) is 0 Å². The first kappa shape index (κ1) is 29.6. The Morgan fingerprint density at radius 3 is 1.51 bits per heavy atom. The van der Waals surface area contributed by atoms with E-state index in [1.165, 1.54) is 6.92 Å². The standard InChI is InChI=1S/C39H34N2O4/c1-27(42)36(40-38(44)45-26-35-33-23-13-11-21-31(33)32-22-12-14-24-34(32)35)25-37(43)41-39(28-15-5-2-6-16-28,29-17-7-3-8-18-29)30-19-9-4-10-20-30/h2-24,35-36H,25-26H2,1H3,(H,40,44)(H,41,43). The van der Waals surface area contributed by atoms with E-state index in [4.69, 9.17) is 4.74 Å². The lowest BCUT2D eigenvalue weighted by atomic mass is 9.77. The van der Waals surface area contributed by atoms with Crippen molar-refractivity contribution in [1.82, 2.24) is 10.6 Å². The van der Waals surface area contributed by atoms with Gasteiger partial charge in [0.15, 0.2) is 5.78 Å². The molecule has 0 heterocycles. The lowest BCUT2D eigenvalue weighted by molar-refractivity contribution is -0.127. The zero-order chi connectivity index (χ0) is 31.2. The second kappa shape index (κ2) is 13.0. The van der Waals surface area contributed by atoms with Gasteiger partial charge in [0.05, 0.1) is 12.5 Å². The van der Waals surface area contributed by atoms with Crippen LogP contribution in [0.4, 0.5) is 4.79 Å². The monoisotopic (exact) mass is 594 g/mol. The molecule has 1 aliphatic carbocycles. The number of Topliss-reactive ketones (excluding diaryl/α,β-unsaturated/α-hetero) is 1. The number of hydrogen-bond acceptors (Lipinski definition) is 4. The normalized spacial score (nSPS) is 12.8. The molecule has 0 saturated carbocycles. The minimum absolute atomic E-state index is 0.107. The molecule has 5 aromatic rings. The van der Waals surface area contributed by atoms with E-state index in [2.05, 4.69) is 22.8 Å². The van der Waals surface area contributed by atoms with E-state index in [1.54, 1.807) is 0 Å². The lowest BCUT2D eigenvalue weighted by Gasteiger charge is -2.37. The number of amides is 2. The molecule has 2 N–H and O–H groups in total. The Hall–Kier alpha value is -5.49. The number of ketones is 1. The van der Waals surface area contributed by atoms with E-state index in [0.29, 0.717) is 0 Å². The molecule has 6 rings (SSSR count). The molecule has 0 aliphatic heterocycles. The third kappa shape index (κ3) is 6.00. The molecule has 0 bridgehead atoms. The van der Waals surface area contributed by atoms with Gasteiger partial charge in [0, 0.05) is 5.92 Å². The fraction of sp³-hybridized carbons (Fsp3) is 0.154. The Morgan fingerprint density at radius 2 is 1.07 bits per heavy atom. The molecule has 224 valence electrons. The van der Waals surface area contributed by atoms with Crippen LogP contribution in [-0.4, -0.2) is 30.4 Å². The highest BCUT2D eigenvalue weighted by molar-refractivity contribution is 5.91. The van der Waals surface area contributed by atoms with E-state index in [-0.39, 0.29) is 24.7 Å². The average molecular weight is 595 g/mol.